The minimum absolute atomic E-state index is 0.154. The first kappa shape index (κ1) is 21.1. The molecule has 154 valence electrons. The van der Waals surface area contributed by atoms with E-state index in [1.54, 1.807) is 36.4 Å². The van der Waals surface area contributed by atoms with Crippen LogP contribution in [0.1, 0.15) is 22.8 Å². The number of hydrogen-bond donors (Lipinski definition) is 3. The van der Waals surface area contributed by atoms with E-state index in [1.807, 2.05) is 6.92 Å². The van der Waals surface area contributed by atoms with Gasteiger partial charge in [-0.15, -0.1) is 0 Å². The SMILES string of the molecule is CC(=O)Nc1cc(NC(=O)c2ccc(NS(=O)(=O)c3ccccc3)cc2)ccc1C. The lowest BCUT2D eigenvalue weighted by Crippen LogP contribution is -2.14. The van der Waals surface area contributed by atoms with E-state index < -0.39 is 10.0 Å². The summed E-state index contributed by atoms with van der Waals surface area (Å²) in [6, 6.07) is 19.3. The van der Waals surface area contributed by atoms with Crippen LogP contribution in [0.3, 0.4) is 0 Å². The summed E-state index contributed by atoms with van der Waals surface area (Å²) in [6.07, 6.45) is 0. The number of anilines is 3. The van der Waals surface area contributed by atoms with Crippen LogP contribution in [-0.2, 0) is 14.8 Å². The molecule has 0 saturated carbocycles. The molecule has 3 aromatic carbocycles. The van der Waals surface area contributed by atoms with Crippen LogP contribution < -0.4 is 15.4 Å². The number of hydrogen-bond acceptors (Lipinski definition) is 4. The lowest BCUT2D eigenvalue weighted by molar-refractivity contribution is -0.114. The highest BCUT2D eigenvalue weighted by Gasteiger charge is 2.14. The highest BCUT2D eigenvalue weighted by molar-refractivity contribution is 7.92. The number of rotatable bonds is 6. The molecule has 0 unspecified atom stereocenters. The Hall–Kier alpha value is -3.65. The summed E-state index contributed by atoms with van der Waals surface area (Å²) in [5, 5.41) is 5.48. The topological polar surface area (TPSA) is 104 Å². The maximum absolute atomic E-state index is 12.5. The standard InChI is InChI=1S/C22H21N3O4S/c1-15-8-11-19(14-21(15)23-16(2)26)24-22(27)17-9-12-18(13-10-17)25-30(28,29)20-6-4-3-5-7-20/h3-14,25H,1-2H3,(H,23,26)(H,24,27). The Bertz CT molecular complexity index is 1170. The number of nitrogens with one attached hydrogen (secondary N) is 3. The average Bonchev–Trinajstić information content (AvgIpc) is 2.71. The van der Waals surface area contributed by atoms with Crippen molar-refractivity contribution in [2.75, 3.05) is 15.4 Å². The van der Waals surface area contributed by atoms with E-state index in [9.17, 15) is 18.0 Å². The van der Waals surface area contributed by atoms with Crippen molar-refractivity contribution in [1.29, 1.82) is 0 Å². The average molecular weight is 423 g/mol. The number of benzene rings is 3. The van der Waals surface area contributed by atoms with Crippen LogP contribution in [0, 0.1) is 6.92 Å². The molecule has 30 heavy (non-hydrogen) atoms. The van der Waals surface area contributed by atoms with E-state index in [0.29, 0.717) is 22.6 Å². The van der Waals surface area contributed by atoms with Crippen LogP contribution >= 0.6 is 0 Å². The molecule has 0 aliphatic heterocycles. The molecule has 0 aliphatic carbocycles. The van der Waals surface area contributed by atoms with Gasteiger partial charge in [-0.25, -0.2) is 8.42 Å². The number of sulfonamides is 1. The van der Waals surface area contributed by atoms with Crippen LogP contribution in [0.4, 0.5) is 17.1 Å². The molecule has 3 aromatic rings. The van der Waals surface area contributed by atoms with Gasteiger partial charge in [-0.3, -0.25) is 14.3 Å². The van der Waals surface area contributed by atoms with E-state index in [0.717, 1.165) is 5.56 Å². The molecule has 0 fully saturated rings. The van der Waals surface area contributed by atoms with Gasteiger partial charge >= 0.3 is 0 Å². The van der Waals surface area contributed by atoms with Crippen molar-refractivity contribution < 1.29 is 18.0 Å². The zero-order valence-electron chi connectivity index (χ0n) is 16.5. The van der Waals surface area contributed by atoms with Crippen LogP contribution in [0.15, 0.2) is 77.7 Å². The second kappa shape index (κ2) is 8.79. The van der Waals surface area contributed by atoms with E-state index in [1.165, 1.54) is 43.3 Å². The number of amides is 2. The molecule has 0 aromatic heterocycles. The molecule has 3 N–H and O–H groups in total. The summed E-state index contributed by atoms with van der Waals surface area (Å²) in [7, 11) is -3.70. The van der Waals surface area contributed by atoms with Crippen molar-refractivity contribution in [2.24, 2.45) is 0 Å². The van der Waals surface area contributed by atoms with Gasteiger partial charge in [-0.05, 0) is 61.0 Å². The van der Waals surface area contributed by atoms with E-state index in [2.05, 4.69) is 15.4 Å². The third kappa shape index (κ3) is 5.24. The zero-order chi connectivity index (χ0) is 21.7. The first-order chi connectivity index (χ1) is 14.2. The fraction of sp³-hybridized carbons (Fsp3) is 0.0909. The lowest BCUT2D eigenvalue weighted by Gasteiger charge is -2.11. The second-order valence-electron chi connectivity index (χ2n) is 6.66. The summed E-state index contributed by atoms with van der Waals surface area (Å²) < 4.78 is 27.2. The van der Waals surface area contributed by atoms with E-state index in [-0.39, 0.29) is 16.7 Å². The third-order valence-corrected chi connectivity index (χ3v) is 5.66. The predicted octanol–water partition coefficient (Wildman–Crippen LogP) is 4.01. The highest BCUT2D eigenvalue weighted by Crippen LogP contribution is 2.21. The largest absolute Gasteiger partial charge is 0.326 e. The van der Waals surface area contributed by atoms with Gasteiger partial charge in [0.25, 0.3) is 15.9 Å². The molecular formula is C22H21N3O4S. The summed E-state index contributed by atoms with van der Waals surface area (Å²) in [5.74, 6) is -0.555. The van der Waals surface area contributed by atoms with Crippen molar-refractivity contribution in [3.8, 4) is 0 Å². The quantitative estimate of drug-likeness (QED) is 0.557. The second-order valence-corrected chi connectivity index (χ2v) is 8.34. The molecule has 0 heterocycles. The Balaban J connectivity index is 1.71. The Morgan fingerprint density at radius 2 is 1.43 bits per heavy atom. The highest BCUT2D eigenvalue weighted by atomic mass is 32.2. The van der Waals surface area contributed by atoms with Crippen molar-refractivity contribution in [1.82, 2.24) is 0 Å². The molecule has 0 saturated heterocycles. The monoisotopic (exact) mass is 423 g/mol. The predicted molar refractivity (Wildman–Crippen MR) is 117 cm³/mol. The van der Waals surface area contributed by atoms with Gasteiger partial charge < -0.3 is 10.6 Å². The fourth-order valence-corrected chi connectivity index (χ4v) is 3.81. The number of aryl methyl sites for hydroxylation is 1. The van der Waals surface area contributed by atoms with Gasteiger partial charge in [-0.2, -0.15) is 0 Å². The van der Waals surface area contributed by atoms with Gasteiger partial charge in [0.1, 0.15) is 0 Å². The molecule has 7 nitrogen and oxygen atoms in total. The minimum Gasteiger partial charge on any atom is -0.326 e. The Morgan fingerprint density at radius 3 is 2.07 bits per heavy atom. The first-order valence-corrected chi connectivity index (χ1v) is 10.6. The number of carbonyl (C=O) groups is 2. The molecule has 3 rings (SSSR count). The molecule has 2 amide bonds. The van der Waals surface area contributed by atoms with Crippen LogP contribution in [0.25, 0.3) is 0 Å². The molecular weight excluding hydrogens is 402 g/mol. The Labute approximate surface area is 175 Å². The maximum Gasteiger partial charge on any atom is 0.261 e. The lowest BCUT2D eigenvalue weighted by atomic mass is 10.1. The van der Waals surface area contributed by atoms with Gasteiger partial charge in [0, 0.05) is 29.5 Å². The summed E-state index contributed by atoms with van der Waals surface area (Å²) in [4.78, 5) is 24.0. The summed E-state index contributed by atoms with van der Waals surface area (Å²) in [5.41, 5.74) is 2.73. The number of carbonyl (C=O) groups excluding carboxylic acids is 2. The normalized spacial score (nSPS) is 10.9. The maximum atomic E-state index is 12.5. The first-order valence-electron chi connectivity index (χ1n) is 9.12. The van der Waals surface area contributed by atoms with Crippen molar-refractivity contribution >= 4 is 38.9 Å². The van der Waals surface area contributed by atoms with Gasteiger partial charge in [0.2, 0.25) is 5.91 Å². The van der Waals surface area contributed by atoms with Crippen molar-refractivity contribution in [2.45, 2.75) is 18.7 Å². The van der Waals surface area contributed by atoms with Crippen LogP contribution in [0.2, 0.25) is 0 Å². The van der Waals surface area contributed by atoms with Crippen LogP contribution in [0.5, 0.6) is 0 Å². The van der Waals surface area contributed by atoms with Crippen molar-refractivity contribution in [3.05, 3.63) is 83.9 Å². The van der Waals surface area contributed by atoms with Crippen LogP contribution in [-0.4, -0.2) is 20.2 Å². The Morgan fingerprint density at radius 1 is 0.800 bits per heavy atom. The molecule has 0 atom stereocenters. The van der Waals surface area contributed by atoms with Gasteiger partial charge in [0.05, 0.1) is 4.90 Å². The fourth-order valence-electron chi connectivity index (χ4n) is 2.73. The summed E-state index contributed by atoms with van der Waals surface area (Å²) in [6.45, 7) is 3.27. The molecule has 0 spiro atoms. The van der Waals surface area contributed by atoms with E-state index in [4.69, 9.17) is 0 Å². The Kier molecular flexibility index (Phi) is 6.17. The zero-order valence-corrected chi connectivity index (χ0v) is 17.3. The smallest absolute Gasteiger partial charge is 0.261 e. The third-order valence-electron chi connectivity index (χ3n) is 4.26. The van der Waals surface area contributed by atoms with Gasteiger partial charge in [0.15, 0.2) is 0 Å². The molecule has 0 aliphatic rings. The molecule has 8 heteroatoms. The molecule has 0 bridgehead atoms. The minimum atomic E-state index is -3.70. The molecule has 0 radical (unpaired) electrons. The van der Waals surface area contributed by atoms with Gasteiger partial charge in [-0.1, -0.05) is 24.3 Å². The summed E-state index contributed by atoms with van der Waals surface area (Å²) >= 11 is 0. The van der Waals surface area contributed by atoms with Crippen molar-refractivity contribution in [3.63, 3.8) is 0 Å². The van der Waals surface area contributed by atoms with E-state index >= 15 is 0 Å².